The van der Waals surface area contributed by atoms with E-state index in [2.05, 4.69) is 36.3 Å². The summed E-state index contributed by atoms with van der Waals surface area (Å²) in [5.41, 5.74) is 1.31. The van der Waals surface area contributed by atoms with Gasteiger partial charge in [0.2, 0.25) is 5.88 Å². The van der Waals surface area contributed by atoms with Crippen molar-refractivity contribution in [2.45, 2.75) is 26.7 Å². The van der Waals surface area contributed by atoms with Crippen molar-refractivity contribution in [3.63, 3.8) is 0 Å². The fraction of sp³-hybridized carbons (Fsp3) is 0.312. The van der Waals surface area contributed by atoms with Crippen LogP contribution in [0.15, 0.2) is 42.5 Å². The minimum atomic E-state index is 0.532. The summed E-state index contributed by atoms with van der Waals surface area (Å²) in [5, 5.41) is 3.17. The molecule has 1 heterocycles. The topological polar surface area (TPSA) is 34.1 Å². The first-order valence-electron chi connectivity index (χ1n) is 6.67. The lowest BCUT2D eigenvalue weighted by Crippen LogP contribution is -1.99. The molecule has 1 aromatic heterocycles. The Kier molecular flexibility index (Phi) is 4.39. The van der Waals surface area contributed by atoms with Crippen LogP contribution in [0, 0.1) is 0 Å². The summed E-state index contributed by atoms with van der Waals surface area (Å²) in [6, 6.07) is 13.9. The predicted octanol–water partition coefficient (Wildman–Crippen LogP) is 4.43. The molecule has 0 aliphatic heterocycles. The Hall–Kier alpha value is -2.03. The second-order valence-electron chi connectivity index (χ2n) is 4.72. The van der Waals surface area contributed by atoms with E-state index in [0.29, 0.717) is 11.8 Å². The number of ether oxygens (including phenoxy) is 1. The average molecular weight is 256 g/mol. The van der Waals surface area contributed by atoms with Crippen molar-refractivity contribution in [1.29, 1.82) is 0 Å². The Balaban J connectivity index is 2.10. The van der Waals surface area contributed by atoms with E-state index in [-0.39, 0.29) is 0 Å². The molecule has 19 heavy (non-hydrogen) atoms. The Morgan fingerprint density at radius 1 is 1.11 bits per heavy atom. The molecule has 0 spiro atoms. The fourth-order valence-corrected chi connectivity index (χ4v) is 1.79. The molecule has 3 nitrogen and oxygen atoms in total. The second kappa shape index (κ2) is 6.23. The molecule has 0 aliphatic carbocycles. The number of benzene rings is 1. The van der Waals surface area contributed by atoms with E-state index >= 15 is 0 Å². The lowest BCUT2D eigenvalue weighted by Gasteiger charge is -2.09. The van der Waals surface area contributed by atoms with Gasteiger partial charge in [-0.1, -0.05) is 32.0 Å². The highest BCUT2D eigenvalue weighted by Crippen LogP contribution is 2.23. The van der Waals surface area contributed by atoms with Crippen LogP contribution >= 0.6 is 0 Å². The third-order valence-corrected chi connectivity index (χ3v) is 2.85. The Labute approximate surface area is 114 Å². The molecule has 0 unspecified atom stereocenters. The maximum atomic E-state index is 5.75. The van der Waals surface area contributed by atoms with E-state index in [0.717, 1.165) is 18.1 Å². The zero-order chi connectivity index (χ0) is 13.7. The van der Waals surface area contributed by atoms with Crippen LogP contribution in [-0.4, -0.2) is 11.5 Å². The quantitative estimate of drug-likeness (QED) is 0.859. The lowest BCUT2D eigenvalue weighted by molar-refractivity contribution is 0.463. The van der Waals surface area contributed by atoms with Crippen LogP contribution in [0.25, 0.3) is 0 Å². The van der Waals surface area contributed by atoms with Gasteiger partial charge < -0.3 is 10.1 Å². The number of nitrogens with one attached hydrogen (secondary N) is 1. The molecule has 0 aliphatic rings. The molecule has 0 saturated heterocycles. The summed E-state index contributed by atoms with van der Waals surface area (Å²) in [5.74, 6) is 2.78. The van der Waals surface area contributed by atoms with Crippen molar-refractivity contribution >= 4 is 5.82 Å². The molecule has 1 N–H and O–H groups in total. The summed E-state index contributed by atoms with van der Waals surface area (Å²) in [4.78, 5) is 4.38. The number of hydrogen-bond donors (Lipinski definition) is 1. The molecule has 2 rings (SSSR count). The highest BCUT2D eigenvalue weighted by Gasteiger charge is 2.02. The first-order valence-corrected chi connectivity index (χ1v) is 6.67. The van der Waals surface area contributed by atoms with Gasteiger partial charge in [-0.2, -0.15) is 4.98 Å². The minimum Gasteiger partial charge on any atom is -0.439 e. The molecule has 2 aromatic rings. The molecule has 0 bridgehead atoms. The molecule has 1 aromatic carbocycles. The van der Waals surface area contributed by atoms with Gasteiger partial charge in [0.25, 0.3) is 0 Å². The van der Waals surface area contributed by atoms with E-state index in [1.54, 1.807) is 0 Å². The number of rotatable bonds is 5. The van der Waals surface area contributed by atoms with Gasteiger partial charge in [-0.05, 0) is 36.6 Å². The zero-order valence-corrected chi connectivity index (χ0v) is 11.7. The molecular formula is C16H20N2O. The largest absolute Gasteiger partial charge is 0.439 e. The minimum absolute atomic E-state index is 0.532. The molecule has 0 atom stereocenters. The third kappa shape index (κ3) is 3.71. The first-order chi connectivity index (χ1) is 9.19. The van der Waals surface area contributed by atoms with Crippen LogP contribution in [0.3, 0.4) is 0 Å². The van der Waals surface area contributed by atoms with Gasteiger partial charge in [-0.25, -0.2) is 0 Å². The normalized spacial score (nSPS) is 10.5. The van der Waals surface area contributed by atoms with Gasteiger partial charge in [0.05, 0.1) is 0 Å². The Morgan fingerprint density at radius 2 is 1.84 bits per heavy atom. The number of pyridine rings is 1. The maximum Gasteiger partial charge on any atom is 0.221 e. The average Bonchev–Trinajstić information content (AvgIpc) is 2.40. The molecule has 3 heteroatoms. The number of hydrogen-bond acceptors (Lipinski definition) is 3. The maximum absolute atomic E-state index is 5.75. The van der Waals surface area contributed by atoms with E-state index in [4.69, 9.17) is 4.74 Å². The van der Waals surface area contributed by atoms with Gasteiger partial charge in [0, 0.05) is 12.6 Å². The van der Waals surface area contributed by atoms with Crippen molar-refractivity contribution in [1.82, 2.24) is 4.98 Å². The summed E-state index contributed by atoms with van der Waals surface area (Å²) in [6.45, 7) is 7.24. The molecular weight excluding hydrogens is 236 g/mol. The summed E-state index contributed by atoms with van der Waals surface area (Å²) < 4.78 is 5.75. The monoisotopic (exact) mass is 256 g/mol. The summed E-state index contributed by atoms with van der Waals surface area (Å²) in [7, 11) is 0. The van der Waals surface area contributed by atoms with E-state index < -0.39 is 0 Å². The predicted molar refractivity (Wildman–Crippen MR) is 79.0 cm³/mol. The van der Waals surface area contributed by atoms with E-state index in [9.17, 15) is 0 Å². The van der Waals surface area contributed by atoms with Gasteiger partial charge >= 0.3 is 0 Å². The molecule has 0 amide bonds. The highest BCUT2D eigenvalue weighted by molar-refractivity contribution is 5.38. The van der Waals surface area contributed by atoms with Gasteiger partial charge in [0.1, 0.15) is 11.6 Å². The van der Waals surface area contributed by atoms with Crippen molar-refractivity contribution in [3.8, 4) is 11.6 Å². The van der Waals surface area contributed by atoms with Crippen molar-refractivity contribution < 1.29 is 4.74 Å². The van der Waals surface area contributed by atoms with Gasteiger partial charge in [0.15, 0.2) is 0 Å². The number of nitrogens with zero attached hydrogens (tertiary/aromatic N) is 1. The van der Waals surface area contributed by atoms with Crippen LogP contribution in [0.4, 0.5) is 5.82 Å². The second-order valence-corrected chi connectivity index (χ2v) is 4.72. The lowest BCUT2D eigenvalue weighted by atomic mass is 10.0. The van der Waals surface area contributed by atoms with Crippen LogP contribution in [0.2, 0.25) is 0 Å². The summed E-state index contributed by atoms with van der Waals surface area (Å²) >= 11 is 0. The third-order valence-electron chi connectivity index (χ3n) is 2.85. The van der Waals surface area contributed by atoms with Crippen molar-refractivity contribution in [2.24, 2.45) is 0 Å². The van der Waals surface area contributed by atoms with Crippen LogP contribution in [-0.2, 0) is 0 Å². The Bertz CT molecular complexity index is 521. The van der Waals surface area contributed by atoms with Gasteiger partial charge in [-0.15, -0.1) is 0 Å². The highest BCUT2D eigenvalue weighted by atomic mass is 16.5. The van der Waals surface area contributed by atoms with Crippen LogP contribution in [0.1, 0.15) is 32.3 Å². The Morgan fingerprint density at radius 3 is 2.47 bits per heavy atom. The van der Waals surface area contributed by atoms with Gasteiger partial charge in [-0.3, -0.25) is 0 Å². The van der Waals surface area contributed by atoms with E-state index in [1.165, 1.54) is 5.56 Å². The zero-order valence-electron chi connectivity index (χ0n) is 11.7. The van der Waals surface area contributed by atoms with Crippen molar-refractivity contribution in [2.75, 3.05) is 11.9 Å². The molecule has 0 radical (unpaired) electrons. The molecule has 0 saturated carbocycles. The SMILES string of the molecule is CCNc1cccc(Oc2ccc(C(C)C)cc2)n1. The summed E-state index contributed by atoms with van der Waals surface area (Å²) in [6.07, 6.45) is 0. The number of aromatic nitrogens is 1. The fourth-order valence-electron chi connectivity index (χ4n) is 1.79. The first kappa shape index (κ1) is 13.4. The number of anilines is 1. The smallest absolute Gasteiger partial charge is 0.221 e. The molecule has 100 valence electrons. The van der Waals surface area contributed by atoms with E-state index in [1.807, 2.05) is 37.3 Å². The van der Waals surface area contributed by atoms with Crippen LogP contribution < -0.4 is 10.1 Å². The van der Waals surface area contributed by atoms with Crippen LogP contribution in [0.5, 0.6) is 11.6 Å². The standard InChI is InChI=1S/C16H20N2O/c1-4-17-15-6-5-7-16(18-15)19-14-10-8-13(9-11-14)12(2)3/h5-12H,4H2,1-3H3,(H,17,18). The molecule has 0 fully saturated rings. The van der Waals surface area contributed by atoms with Crippen molar-refractivity contribution in [3.05, 3.63) is 48.0 Å².